The molecule has 0 amide bonds. The molecule has 2 fully saturated rings. The van der Waals surface area contributed by atoms with E-state index in [-0.39, 0.29) is 0 Å². The molecule has 0 aromatic heterocycles. The molecule has 3 heteroatoms. The Labute approximate surface area is 67.4 Å². The van der Waals surface area contributed by atoms with Crippen LogP contribution in [0.3, 0.4) is 0 Å². The zero-order valence-corrected chi connectivity index (χ0v) is 6.81. The van der Waals surface area contributed by atoms with Crippen molar-refractivity contribution < 1.29 is 4.94 Å². The summed E-state index contributed by atoms with van der Waals surface area (Å²) in [7, 11) is 0. The van der Waals surface area contributed by atoms with Crippen LogP contribution in [0.2, 0.25) is 0 Å². The Morgan fingerprint density at radius 2 is 1.91 bits per heavy atom. The Kier molecular flexibility index (Phi) is 2.41. The van der Waals surface area contributed by atoms with Gasteiger partial charge in [0, 0.05) is 6.54 Å². The minimum absolute atomic E-state index is 0.565. The average molecular weight is 156 g/mol. The summed E-state index contributed by atoms with van der Waals surface area (Å²) in [6.07, 6.45) is 6.99. The maximum atomic E-state index is 4.91. The van der Waals surface area contributed by atoms with Gasteiger partial charge in [-0.05, 0) is 18.8 Å². The number of rotatable bonds is 1. The lowest BCUT2D eigenvalue weighted by atomic mass is 9.84. The van der Waals surface area contributed by atoms with Crippen LogP contribution in [0.25, 0.3) is 0 Å². The molecule has 11 heavy (non-hydrogen) atoms. The molecule has 1 unspecified atom stereocenters. The van der Waals surface area contributed by atoms with Crippen LogP contribution in [0.1, 0.15) is 32.1 Å². The second-order valence-corrected chi connectivity index (χ2v) is 3.57. The van der Waals surface area contributed by atoms with E-state index in [9.17, 15) is 0 Å². The highest BCUT2D eigenvalue weighted by Gasteiger charge is 2.26. The standard InChI is InChI=1S/C8H16N2O/c1-2-4-7(5-3-1)8-6-9-11-10-8/h7-10H,1-6H2. The maximum Gasteiger partial charge on any atom is 0.0517 e. The molecular weight excluding hydrogens is 140 g/mol. The molecule has 1 aliphatic heterocycles. The van der Waals surface area contributed by atoms with Crippen molar-refractivity contribution in [1.29, 1.82) is 0 Å². The smallest absolute Gasteiger partial charge is 0.0517 e. The van der Waals surface area contributed by atoms with Crippen LogP contribution in [-0.2, 0) is 4.94 Å². The predicted octanol–water partition coefficient (Wildman–Crippen LogP) is 0.975. The van der Waals surface area contributed by atoms with Crippen molar-refractivity contribution in [3.63, 3.8) is 0 Å². The first-order chi connectivity index (χ1) is 5.47. The molecule has 1 aliphatic carbocycles. The molecule has 1 saturated carbocycles. The predicted molar refractivity (Wildman–Crippen MR) is 42.6 cm³/mol. The summed E-state index contributed by atoms with van der Waals surface area (Å²) in [5.74, 6) is 0.846. The lowest BCUT2D eigenvalue weighted by molar-refractivity contribution is 0.00757. The molecule has 0 spiro atoms. The van der Waals surface area contributed by atoms with Crippen LogP contribution < -0.4 is 11.0 Å². The third kappa shape index (κ3) is 1.72. The molecule has 0 radical (unpaired) electrons. The number of hydrogen-bond acceptors (Lipinski definition) is 3. The molecule has 0 aromatic carbocycles. The fourth-order valence-corrected chi connectivity index (χ4v) is 2.09. The van der Waals surface area contributed by atoms with Crippen LogP contribution in [0, 0.1) is 5.92 Å². The van der Waals surface area contributed by atoms with Gasteiger partial charge in [-0.3, -0.25) is 0 Å². The number of hydrogen-bond donors (Lipinski definition) is 2. The number of hydroxylamine groups is 2. The molecular formula is C8H16N2O. The molecule has 1 heterocycles. The van der Waals surface area contributed by atoms with E-state index in [0.717, 1.165) is 12.5 Å². The summed E-state index contributed by atoms with van der Waals surface area (Å²) in [5, 5.41) is 0. The van der Waals surface area contributed by atoms with Crippen LogP contribution in [0.5, 0.6) is 0 Å². The van der Waals surface area contributed by atoms with Gasteiger partial charge in [-0.2, -0.15) is 11.0 Å². The van der Waals surface area contributed by atoms with Crippen LogP contribution in [0.15, 0.2) is 0 Å². The molecule has 2 rings (SSSR count). The summed E-state index contributed by atoms with van der Waals surface area (Å²) in [6.45, 7) is 0.977. The fraction of sp³-hybridized carbons (Fsp3) is 1.00. The topological polar surface area (TPSA) is 33.3 Å². The Morgan fingerprint density at radius 1 is 1.09 bits per heavy atom. The zero-order chi connectivity index (χ0) is 7.52. The second kappa shape index (κ2) is 3.52. The van der Waals surface area contributed by atoms with Gasteiger partial charge in [0.15, 0.2) is 0 Å². The van der Waals surface area contributed by atoms with Gasteiger partial charge in [-0.25, -0.2) is 4.94 Å². The first-order valence-corrected chi connectivity index (χ1v) is 4.61. The molecule has 2 N–H and O–H groups in total. The summed E-state index contributed by atoms with van der Waals surface area (Å²) in [5.41, 5.74) is 5.87. The van der Waals surface area contributed by atoms with E-state index in [1.54, 1.807) is 0 Å². The van der Waals surface area contributed by atoms with Crippen molar-refractivity contribution in [3.05, 3.63) is 0 Å². The van der Waals surface area contributed by atoms with E-state index in [1.165, 1.54) is 32.1 Å². The van der Waals surface area contributed by atoms with Crippen molar-refractivity contribution >= 4 is 0 Å². The lowest BCUT2D eigenvalue weighted by Gasteiger charge is -2.25. The van der Waals surface area contributed by atoms with E-state index >= 15 is 0 Å². The summed E-state index contributed by atoms with van der Waals surface area (Å²) >= 11 is 0. The van der Waals surface area contributed by atoms with Gasteiger partial charge < -0.3 is 0 Å². The largest absolute Gasteiger partial charge is 0.214 e. The molecule has 1 saturated heterocycles. The van der Waals surface area contributed by atoms with Gasteiger partial charge in [-0.1, -0.05) is 19.3 Å². The van der Waals surface area contributed by atoms with E-state index in [2.05, 4.69) is 11.0 Å². The summed E-state index contributed by atoms with van der Waals surface area (Å²) in [4.78, 5) is 4.91. The van der Waals surface area contributed by atoms with Crippen LogP contribution >= 0.6 is 0 Å². The molecule has 64 valence electrons. The van der Waals surface area contributed by atoms with Crippen molar-refractivity contribution in [1.82, 2.24) is 11.0 Å². The molecule has 3 nitrogen and oxygen atoms in total. The van der Waals surface area contributed by atoms with Gasteiger partial charge in [0.1, 0.15) is 0 Å². The van der Waals surface area contributed by atoms with E-state index < -0.39 is 0 Å². The highest BCUT2D eigenvalue weighted by atomic mass is 16.8. The minimum atomic E-state index is 0.565. The summed E-state index contributed by atoms with van der Waals surface area (Å²) in [6, 6.07) is 0.565. The third-order valence-electron chi connectivity index (χ3n) is 2.80. The first-order valence-electron chi connectivity index (χ1n) is 4.61. The Morgan fingerprint density at radius 3 is 2.55 bits per heavy atom. The van der Waals surface area contributed by atoms with Crippen molar-refractivity contribution in [3.8, 4) is 0 Å². The van der Waals surface area contributed by atoms with Crippen LogP contribution in [-0.4, -0.2) is 12.6 Å². The second-order valence-electron chi connectivity index (χ2n) is 3.57. The maximum absolute atomic E-state index is 4.91. The first kappa shape index (κ1) is 7.53. The molecule has 0 aromatic rings. The van der Waals surface area contributed by atoms with Crippen LogP contribution in [0.4, 0.5) is 0 Å². The molecule has 2 aliphatic rings. The highest BCUT2D eigenvalue weighted by molar-refractivity contribution is 4.79. The van der Waals surface area contributed by atoms with E-state index in [4.69, 9.17) is 4.94 Å². The highest BCUT2D eigenvalue weighted by Crippen LogP contribution is 2.26. The third-order valence-corrected chi connectivity index (χ3v) is 2.80. The minimum Gasteiger partial charge on any atom is -0.214 e. The van der Waals surface area contributed by atoms with Gasteiger partial charge in [0.25, 0.3) is 0 Å². The number of nitrogens with one attached hydrogen (secondary N) is 2. The summed E-state index contributed by atoms with van der Waals surface area (Å²) < 4.78 is 0. The average Bonchev–Trinajstić information content (AvgIpc) is 2.58. The molecule has 0 bridgehead atoms. The van der Waals surface area contributed by atoms with Crippen molar-refractivity contribution in [2.75, 3.05) is 6.54 Å². The Hall–Kier alpha value is -0.120. The van der Waals surface area contributed by atoms with Crippen molar-refractivity contribution in [2.24, 2.45) is 5.92 Å². The van der Waals surface area contributed by atoms with E-state index in [1.807, 2.05) is 0 Å². The van der Waals surface area contributed by atoms with Gasteiger partial charge in [0.05, 0.1) is 6.04 Å². The lowest BCUT2D eigenvalue weighted by Crippen LogP contribution is -2.33. The van der Waals surface area contributed by atoms with Gasteiger partial charge >= 0.3 is 0 Å². The van der Waals surface area contributed by atoms with Gasteiger partial charge in [0.2, 0.25) is 0 Å². The van der Waals surface area contributed by atoms with Gasteiger partial charge in [-0.15, -0.1) is 0 Å². The fourth-order valence-electron chi connectivity index (χ4n) is 2.09. The normalized spacial score (nSPS) is 34.4. The molecule has 1 atom stereocenters. The van der Waals surface area contributed by atoms with E-state index in [0.29, 0.717) is 6.04 Å². The quantitative estimate of drug-likeness (QED) is 0.593. The Bertz CT molecular complexity index is 117. The zero-order valence-electron chi connectivity index (χ0n) is 6.81. The SMILES string of the molecule is C1CCC(C2CNON2)CC1. The van der Waals surface area contributed by atoms with Crippen molar-refractivity contribution in [2.45, 2.75) is 38.1 Å². The monoisotopic (exact) mass is 156 g/mol. The Balaban J connectivity index is 1.82.